The fraction of sp³-hybridized carbons (Fsp3) is 0.947. The Morgan fingerprint density at radius 1 is 0.284 bits per heavy atom. The predicted molar refractivity (Wildman–Crippen MR) is 386 cm³/mol. The quantitative estimate of drug-likeness (QED) is 0.0222. The SMILES string of the molecule is CCCCCCCCCCCCCCCCCCCCCCCC(=O)O[C@H](COC(=O)CCCCCCCCCCCC(C)C)COP(=O)(O)OC[C@@H](O)COP(=O)(O)OC[C@@H](COC(=O)CCCCCCCCCCCCC)OC(=O)CCCCCCCCCCC(C)C. The summed E-state index contributed by atoms with van der Waals surface area (Å²) in [5.41, 5.74) is 0. The van der Waals surface area contributed by atoms with E-state index in [1.807, 2.05) is 0 Å². The van der Waals surface area contributed by atoms with Crippen LogP contribution in [0.15, 0.2) is 0 Å². The molecule has 95 heavy (non-hydrogen) atoms. The summed E-state index contributed by atoms with van der Waals surface area (Å²) >= 11 is 0. The van der Waals surface area contributed by atoms with E-state index in [0.29, 0.717) is 25.7 Å². The number of aliphatic hydroxyl groups is 1. The van der Waals surface area contributed by atoms with Crippen molar-refractivity contribution in [2.24, 2.45) is 11.8 Å². The number of carbonyl (C=O) groups is 4. The van der Waals surface area contributed by atoms with Crippen LogP contribution in [-0.2, 0) is 65.4 Å². The normalized spacial score (nSPS) is 14.0. The molecule has 0 saturated heterocycles. The first-order valence-corrected chi connectivity index (χ1v) is 42.5. The maximum Gasteiger partial charge on any atom is 0.472 e. The Bertz CT molecular complexity index is 1840. The monoisotopic (exact) mass is 1400 g/mol. The molecule has 0 radical (unpaired) electrons. The topological polar surface area (TPSA) is 237 Å². The number of unbranched alkanes of at least 4 members (excludes halogenated alkanes) is 45. The number of esters is 4. The minimum atomic E-state index is -4.96. The number of rotatable bonds is 75. The summed E-state index contributed by atoms with van der Waals surface area (Å²) < 4.78 is 68.5. The summed E-state index contributed by atoms with van der Waals surface area (Å²) in [6, 6.07) is 0. The molecule has 19 heteroatoms. The highest BCUT2D eigenvalue weighted by Gasteiger charge is 2.30. The van der Waals surface area contributed by atoms with E-state index in [-0.39, 0.29) is 25.7 Å². The molecule has 0 aromatic heterocycles. The van der Waals surface area contributed by atoms with Crippen molar-refractivity contribution in [1.29, 1.82) is 0 Å². The standard InChI is InChI=1S/C76H148O17P2/c1-7-9-11-13-15-17-19-20-21-22-23-24-25-26-27-28-30-34-42-48-54-60-75(80)92-71(64-87-74(79)59-53-47-41-35-31-32-38-44-50-56-68(3)4)66-90-94(82,83)88-62-70(77)63-89-95(84,85)91-67-72(93-76(81)61-55-49-43-37-36-39-45-51-57-69(5)6)65-86-73(78)58-52-46-40-33-29-18-16-14-12-10-8-2/h68-72,77H,7-67H2,1-6H3,(H,82,83)(H,84,85)/t70-,71-,72-/m1/s1. The number of aliphatic hydroxyl groups excluding tert-OH is 1. The van der Waals surface area contributed by atoms with E-state index in [4.69, 9.17) is 37.0 Å². The molecule has 0 bridgehead atoms. The Labute approximate surface area is 581 Å². The summed E-state index contributed by atoms with van der Waals surface area (Å²) in [5, 5.41) is 10.6. The van der Waals surface area contributed by atoms with Crippen molar-refractivity contribution in [3.05, 3.63) is 0 Å². The zero-order valence-electron chi connectivity index (χ0n) is 62.0. The summed E-state index contributed by atoms with van der Waals surface area (Å²) in [5.74, 6) is -0.657. The van der Waals surface area contributed by atoms with Crippen molar-refractivity contribution >= 4 is 39.5 Å². The van der Waals surface area contributed by atoms with E-state index in [1.165, 1.54) is 212 Å². The molecule has 5 atom stereocenters. The fourth-order valence-electron chi connectivity index (χ4n) is 11.7. The lowest BCUT2D eigenvalue weighted by molar-refractivity contribution is -0.161. The molecule has 0 aliphatic rings. The van der Waals surface area contributed by atoms with Crippen molar-refractivity contribution in [2.75, 3.05) is 39.6 Å². The van der Waals surface area contributed by atoms with Gasteiger partial charge in [0.05, 0.1) is 26.4 Å². The predicted octanol–water partition coefficient (Wildman–Crippen LogP) is 22.3. The van der Waals surface area contributed by atoms with Gasteiger partial charge >= 0.3 is 39.5 Å². The van der Waals surface area contributed by atoms with Crippen LogP contribution in [0.2, 0.25) is 0 Å². The Morgan fingerprint density at radius 2 is 0.484 bits per heavy atom. The Kier molecular flexibility index (Phi) is 66.5. The van der Waals surface area contributed by atoms with Gasteiger partial charge in [-0.25, -0.2) is 9.13 Å². The first-order chi connectivity index (χ1) is 45.9. The number of phosphoric acid groups is 2. The molecule has 0 rings (SSSR count). The largest absolute Gasteiger partial charge is 0.472 e. The Hall–Kier alpha value is -1.94. The second-order valence-electron chi connectivity index (χ2n) is 28.3. The molecule has 3 N–H and O–H groups in total. The van der Waals surface area contributed by atoms with Gasteiger partial charge in [-0.15, -0.1) is 0 Å². The van der Waals surface area contributed by atoms with Gasteiger partial charge in [0.25, 0.3) is 0 Å². The van der Waals surface area contributed by atoms with Crippen LogP contribution in [0.4, 0.5) is 0 Å². The zero-order valence-corrected chi connectivity index (χ0v) is 63.8. The summed E-state index contributed by atoms with van der Waals surface area (Å²) in [6.45, 7) is 9.53. The zero-order chi connectivity index (χ0) is 70.0. The van der Waals surface area contributed by atoms with Gasteiger partial charge in [0, 0.05) is 25.7 Å². The van der Waals surface area contributed by atoms with E-state index >= 15 is 0 Å². The molecular weight excluding hydrogens is 1250 g/mol. The highest BCUT2D eigenvalue weighted by molar-refractivity contribution is 7.47. The average Bonchev–Trinajstić information content (AvgIpc) is 1.68. The van der Waals surface area contributed by atoms with Gasteiger partial charge in [-0.05, 0) is 37.5 Å². The van der Waals surface area contributed by atoms with Crippen LogP contribution < -0.4 is 0 Å². The fourth-order valence-corrected chi connectivity index (χ4v) is 13.2. The van der Waals surface area contributed by atoms with Gasteiger partial charge in [0.2, 0.25) is 0 Å². The highest BCUT2D eigenvalue weighted by atomic mass is 31.2. The molecule has 0 heterocycles. The summed E-state index contributed by atoms with van der Waals surface area (Å²) in [6.07, 6.45) is 55.7. The molecule has 0 saturated carbocycles. The van der Waals surface area contributed by atoms with Gasteiger partial charge in [-0.2, -0.15) is 0 Å². The molecule has 2 unspecified atom stereocenters. The molecule has 0 spiro atoms. The van der Waals surface area contributed by atoms with Gasteiger partial charge in [0.1, 0.15) is 19.3 Å². The van der Waals surface area contributed by atoms with Crippen LogP contribution in [0, 0.1) is 11.8 Å². The lowest BCUT2D eigenvalue weighted by atomic mass is 10.0. The van der Waals surface area contributed by atoms with Crippen LogP contribution in [0.25, 0.3) is 0 Å². The minimum Gasteiger partial charge on any atom is -0.462 e. The third kappa shape index (κ3) is 70.3. The highest BCUT2D eigenvalue weighted by Crippen LogP contribution is 2.45. The van der Waals surface area contributed by atoms with Crippen LogP contribution in [0.1, 0.15) is 395 Å². The Balaban J connectivity index is 5.19. The Morgan fingerprint density at radius 3 is 0.716 bits per heavy atom. The lowest BCUT2D eigenvalue weighted by Crippen LogP contribution is -2.30. The number of phosphoric ester groups is 2. The van der Waals surface area contributed by atoms with Crippen molar-refractivity contribution in [3.63, 3.8) is 0 Å². The molecule has 564 valence electrons. The van der Waals surface area contributed by atoms with Crippen molar-refractivity contribution in [3.8, 4) is 0 Å². The average molecular weight is 1400 g/mol. The van der Waals surface area contributed by atoms with Crippen molar-refractivity contribution in [1.82, 2.24) is 0 Å². The maximum atomic E-state index is 13.1. The molecule has 0 aromatic rings. The number of hydrogen-bond acceptors (Lipinski definition) is 15. The smallest absolute Gasteiger partial charge is 0.462 e. The van der Waals surface area contributed by atoms with E-state index in [0.717, 1.165) is 102 Å². The van der Waals surface area contributed by atoms with E-state index in [9.17, 15) is 43.2 Å². The van der Waals surface area contributed by atoms with Crippen LogP contribution in [-0.4, -0.2) is 96.7 Å². The van der Waals surface area contributed by atoms with Gasteiger partial charge in [0.15, 0.2) is 12.2 Å². The number of carbonyl (C=O) groups excluding carboxylic acids is 4. The van der Waals surface area contributed by atoms with E-state index < -0.39 is 97.5 Å². The second kappa shape index (κ2) is 67.9. The van der Waals surface area contributed by atoms with Gasteiger partial charge in [-0.3, -0.25) is 37.3 Å². The molecule has 17 nitrogen and oxygen atoms in total. The van der Waals surface area contributed by atoms with Crippen LogP contribution >= 0.6 is 15.6 Å². The minimum absolute atomic E-state index is 0.105. The first-order valence-electron chi connectivity index (χ1n) is 39.5. The summed E-state index contributed by atoms with van der Waals surface area (Å²) in [4.78, 5) is 72.7. The van der Waals surface area contributed by atoms with Gasteiger partial charge in [-0.1, -0.05) is 343 Å². The molecule has 0 fully saturated rings. The maximum absolute atomic E-state index is 13.1. The van der Waals surface area contributed by atoms with Crippen LogP contribution in [0.3, 0.4) is 0 Å². The number of ether oxygens (including phenoxy) is 4. The van der Waals surface area contributed by atoms with Crippen molar-refractivity contribution in [2.45, 2.75) is 413 Å². The van der Waals surface area contributed by atoms with Gasteiger partial charge < -0.3 is 33.8 Å². The first kappa shape index (κ1) is 93.1. The lowest BCUT2D eigenvalue weighted by Gasteiger charge is -2.21. The molecule has 0 aliphatic heterocycles. The summed E-state index contributed by atoms with van der Waals surface area (Å²) in [7, 11) is -9.91. The van der Waals surface area contributed by atoms with Crippen molar-refractivity contribution < 1.29 is 80.2 Å². The molecular formula is C76H148O17P2. The third-order valence-corrected chi connectivity index (χ3v) is 19.6. The molecule has 0 amide bonds. The third-order valence-electron chi connectivity index (χ3n) is 17.7. The molecule has 0 aliphatic carbocycles. The van der Waals surface area contributed by atoms with E-state index in [2.05, 4.69) is 41.5 Å². The molecule has 0 aromatic carbocycles. The van der Waals surface area contributed by atoms with Crippen LogP contribution in [0.5, 0.6) is 0 Å². The van der Waals surface area contributed by atoms with E-state index in [1.54, 1.807) is 0 Å². The number of hydrogen-bond donors (Lipinski definition) is 3. The second-order valence-corrected chi connectivity index (χ2v) is 31.3.